The third-order valence-electron chi connectivity index (χ3n) is 9.49. The summed E-state index contributed by atoms with van der Waals surface area (Å²) in [5, 5.41) is 0. The van der Waals surface area contributed by atoms with Crippen LogP contribution in [0.15, 0.2) is 0 Å². The molecular weight excluding hydrogens is 292 g/mol. The molecule has 4 aliphatic rings. The molecule has 0 aromatic heterocycles. The fraction of sp³-hybridized carbons (Fsp3) is 0.957. The van der Waals surface area contributed by atoms with Crippen molar-refractivity contribution in [3.8, 4) is 0 Å². The lowest BCUT2D eigenvalue weighted by Crippen LogP contribution is -2.56. The maximum atomic E-state index is 13.2. The standard InChI is InChI=1S/C23H38O/c1-4-5-8-16-10-11-18-21-19(12-14-23(16,18)3)22(2)13-7-6-9-17(22)15-20(21)24/h16-19,21H,4-15H2,1-3H3. The van der Waals surface area contributed by atoms with E-state index in [0.29, 0.717) is 40.3 Å². The number of rotatable bonds is 3. The van der Waals surface area contributed by atoms with Crippen LogP contribution in [0, 0.1) is 40.4 Å². The number of Topliss-reactive ketones (excluding diaryl/α,β-unsaturated/α-hetero) is 1. The molecule has 0 amide bonds. The van der Waals surface area contributed by atoms with E-state index < -0.39 is 0 Å². The van der Waals surface area contributed by atoms with Gasteiger partial charge in [0.15, 0.2) is 0 Å². The minimum atomic E-state index is 0.426. The van der Waals surface area contributed by atoms with Gasteiger partial charge in [-0.3, -0.25) is 4.79 Å². The molecule has 0 radical (unpaired) electrons. The van der Waals surface area contributed by atoms with Crippen LogP contribution in [0.2, 0.25) is 0 Å². The highest BCUT2D eigenvalue weighted by molar-refractivity contribution is 5.83. The first-order chi connectivity index (χ1) is 11.5. The van der Waals surface area contributed by atoms with E-state index in [-0.39, 0.29) is 0 Å². The first-order valence-corrected chi connectivity index (χ1v) is 11.0. The van der Waals surface area contributed by atoms with Gasteiger partial charge < -0.3 is 0 Å². The number of carbonyl (C=O) groups is 1. The van der Waals surface area contributed by atoms with Gasteiger partial charge in [-0.2, -0.15) is 0 Å². The molecule has 4 rings (SSSR count). The van der Waals surface area contributed by atoms with E-state index in [4.69, 9.17) is 0 Å². The van der Waals surface area contributed by atoms with Crippen LogP contribution < -0.4 is 0 Å². The predicted molar refractivity (Wildman–Crippen MR) is 99.7 cm³/mol. The van der Waals surface area contributed by atoms with E-state index in [1.807, 2.05) is 0 Å². The zero-order chi connectivity index (χ0) is 16.9. The Kier molecular flexibility index (Phi) is 4.37. The molecule has 0 aromatic carbocycles. The molecular formula is C23H38O. The monoisotopic (exact) mass is 330 g/mol. The summed E-state index contributed by atoms with van der Waals surface area (Å²) in [6.07, 6.45) is 16.0. The summed E-state index contributed by atoms with van der Waals surface area (Å²) in [5.41, 5.74) is 0.962. The van der Waals surface area contributed by atoms with Gasteiger partial charge in [-0.15, -0.1) is 0 Å². The molecule has 0 N–H and O–H groups in total. The molecule has 136 valence electrons. The topological polar surface area (TPSA) is 17.1 Å². The lowest BCUT2D eigenvalue weighted by atomic mass is 9.44. The zero-order valence-electron chi connectivity index (χ0n) is 16.3. The summed E-state index contributed by atoms with van der Waals surface area (Å²) in [5.74, 6) is 4.14. The molecule has 1 heteroatoms. The highest BCUT2D eigenvalue weighted by Gasteiger charge is 2.61. The van der Waals surface area contributed by atoms with Crippen molar-refractivity contribution in [3.63, 3.8) is 0 Å². The number of hydrogen-bond acceptors (Lipinski definition) is 1. The number of fused-ring (bicyclic) bond motifs is 5. The molecule has 4 aliphatic carbocycles. The molecule has 0 heterocycles. The Morgan fingerprint density at radius 2 is 1.75 bits per heavy atom. The average molecular weight is 331 g/mol. The van der Waals surface area contributed by atoms with Gasteiger partial charge >= 0.3 is 0 Å². The van der Waals surface area contributed by atoms with Crippen LogP contribution in [0.25, 0.3) is 0 Å². The molecule has 0 aromatic rings. The normalized spacial score (nSPS) is 51.0. The fourth-order valence-corrected chi connectivity index (χ4v) is 7.99. The van der Waals surface area contributed by atoms with E-state index in [0.717, 1.165) is 12.3 Å². The minimum absolute atomic E-state index is 0.426. The molecule has 0 spiro atoms. The van der Waals surface area contributed by atoms with Crippen LogP contribution >= 0.6 is 0 Å². The summed E-state index contributed by atoms with van der Waals surface area (Å²) in [7, 11) is 0. The quantitative estimate of drug-likeness (QED) is 0.584. The zero-order valence-corrected chi connectivity index (χ0v) is 16.3. The third-order valence-corrected chi connectivity index (χ3v) is 9.49. The molecule has 0 bridgehead atoms. The van der Waals surface area contributed by atoms with E-state index in [1.54, 1.807) is 0 Å². The van der Waals surface area contributed by atoms with Crippen molar-refractivity contribution >= 4 is 5.78 Å². The Bertz CT molecular complexity index is 496. The fourth-order valence-electron chi connectivity index (χ4n) is 7.99. The Hall–Kier alpha value is -0.330. The van der Waals surface area contributed by atoms with Crippen molar-refractivity contribution in [1.82, 2.24) is 0 Å². The number of unbranched alkanes of at least 4 members (excludes halogenated alkanes) is 1. The molecule has 0 saturated heterocycles. The minimum Gasteiger partial charge on any atom is -0.299 e. The second-order valence-corrected chi connectivity index (χ2v) is 10.3. The van der Waals surface area contributed by atoms with Crippen molar-refractivity contribution in [1.29, 1.82) is 0 Å². The van der Waals surface area contributed by atoms with E-state index in [1.165, 1.54) is 70.6 Å². The van der Waals surface area contributed by atoms with Crippen LogP contribution in [0.4, 0.5) is 0 Å². The highest BCUT2D eigenvalue weighted by Crippen LogP contribution is 2.67. The summed E-state index contributed by atoms with van der Waals surface area (Å²) in [4.78, 5) is 13.2. The third kappa shape index (κ3) is 2.36. The van der Waals surface area contributed by atoms with Crippen LogP contribution in [0.5, 0.6) is 0 Å². The molecule has 4 fully saturated rings. The Balaban J connectivity index is 1.61. The summed E-state index contributed by atoms with van der Waals surface area (Å²) < 4.78 is 0. The van der Waals surface area contributed by atoms with Crippen molar-refractivity contribution in [2.45, 2.75) is 97.8 Å². The first kappa shape index (κ1) is 17.1. The smallest absolute Gasteiger partial charge is 0.136 e. The van der Waals surface area contributed by atoms with Crippen LogP contribution in [-0.2, 0) is 4.79 Å². The molecule has 4 saturated carbocycles. The van der Waals surface area contributed by atoms with E-state index >= 15 is 0 Å². The predicted octanol–water partition coefficient (Wildman–Crippen LogP) is 6.40. The second-order valence-electron chi connectivity index (χ2n) is 10.3. The second kappa shape index (κ2) is 6.13. The van der Waals surface area contributed by atoms with Gasteiger partial charge in [-0.25, -0.2) is 0 Å². The Morgan fingerprint density at radius 3 is 2.54 bits per heavy atom. The van der Waals surface area contributed by atoms with Gasteiger partial charge in [-0.1, -0.05) is 46.5 Å². The molecule has 1 nitrogen and oxygen atoms in total. The van der Waals surface area contributed by atoms with Crippen molar-refractivity contribution in [3.05, 3.63) is 0 Å². The summed E-state index contributed by atoms with van der Waals surface area (Å²) in [6.45, 7) is 7.47. The van der Waals surface area contributed by atoms with Crippen molar-refractivity contribution in [2.75, 3.05) is 0 Å². The molecule has 7 unspecified atom stereocenters. The largest absolute Gasteiger partial charge is 0.299 e. The Labute approximate surface area is 149 Å². The van der Waals surface area contributed by atoms with Gasteiger partial charge in [0.1, 0.15) is 5.78 Å². The van der Waals surface area contributed by atoms with E-state index in [2.05, 4.69) is 20.8 Å². The van der Waals surface area contributed by atoms with Crippen molar-refractivity contribution < 1.29 is 4.79 Å². The van der Waals surface area contributed by atoms with E-state index in [9.17, 15) is 4.79 Å². The van der Waals surface area contributed by atoms with Gasteiger partial charge in [0.25, 0.3) is 0 Å². The lowest BCUT2D eigenvalue weighted by Gasteiger charge is -2.59. The van der Waals surface area contributed by atoms with Crippen LogP contribution in [0.3, 0.4) is 0 Å². The van der Waals surface area contributed by atoms with Gasteiger partial charge in [0.05, 0.1) is 0 Å². The van der Waals surface area contributed by atoms with Gasteiger partial charge in [0, 0.05) is 12.3 Å². The highest BCUT2D eigenvalue weighted by atomic mass is 16.1. The number of ketones is 1. The van der Waals surface area contributed by atoms with Gasteiger partial charge in [-0.05, 0) is 79.4 Å². The lowest BCUT2D eigenvalue weighted by molar-refractivity contribution is -0.155. The molecule has 7 atom stereocenters. The Morgan fingerprint density at radius 1 is 0.958 bits per heavy atom. The van der Waals surface area contributed by atoms with Crippen LogP contribution in [-0.4, -0.2) is 5.78 Å². The SMILES string of the molecule is CCCCC1CCC2C3C(=O)CC4CCCCC4(C)C3CCC12C. The average Bonchev–Trinajstić information content (AvgIpc) is 2.90. The first-order valence-electron chi connectivity index (χ1n) is 11.0. The molecule has 24 heavy (non-hydrogen) atoms. The number of hydrogen-bond donors (Lipinski definition) is 0. The summed E-state index contributed by atoms with van der Waals surface area (Å²) in [6, 6.07) is 0. The van der Waals surface area contributed by atoms with Gasteiger partial charge in [0.2, 0.25) is 0 Å². The number of carbonyl (C=O) groups excluding carboxylic acids is 1. The van der Waals surface area contributed by atoms with Crippen molar-refractivity contribution in [2.24, 2.45) is 40.4 Å². The maximum Gasteiger partial charge on any atom is 0.136 e. The molecule has 0 aliphatic heterocycles. The maximum absolute atomic E-state index is 13.2. The van der Waals surface area contributed by atoms with Crippen LogP contribution in [0.1, 0.15) is 97.8 Å². The summed E-state index contributed by atoms with van der Waals surface area (Å²) >= 11 is 0.